The van der Waals surface area contributed by atoms with Gasteiger partial charge in [-0.05, 0) is 61.7 Å². The molecule has 0 saturated carbocycles. The molecule has 0 aliphatic heterocycles. The molecule has 1 amide bonds. The van der Waals surface area contributed by atoms with Crippen molar-refractivity contribution in [3.05, 3.63) is 70.9 Å². The predicted molar refractivity (Wildman–Crippen MR) is 136 cm³/mol. The number of halogens is 3. The number of aryl methyl sites for hydroxylation is 1. The first-order chi connectivity index (χ1) is 14.1. The van der Waals surface area contributed by atoms with E-state index in [0.29, 0.717) is 17.1 Å². The lowest BCUT2D eigenvalue weighted by Crippen LogP contribution is -2.15. The highest BCUT2D eigenvalue weighted by Gasteiger charge is 2.15. The predicted octanol–water partition coefficient (Wildman–Crippen LogP) is 6.41. The molecule has 7 heteroatoms. The molecule has 0 bridgehead atoms. The van der Waals surface area contributed by atoms with Gasteiger partial charge < -0.3 is 10.6 Å². The summed E-state index contributed by atoms with van der Waals surface area (Å²) in [7, 11) is 0. The zero-order valence-electron chi connectivity index (χ0n) is 17.9. The summed E-state index contributed by atoms with van der Waals surface area (Å²) in [5, 5.41) is 7.74. The van der Waals surface area contributed by atoms with Crippen molar-refractivity contribution in [3.63, 3.8) is 0 Å². The van der Waals surface area contributed by atoms with Crippen LogP contribution in [0.15, 0.2) is 54.6 Å². The summed E-state index contributed by atoms with van der Waals surface area (Å²) in [6.07, 6.45) is 2.36. The molecule has 0 aliphatic rings. The van der Waals surface area contributed by atoms with Crippen molar-refractivity contribution >= 4 is 58.9 Å². The van der Waals surface area contributed by atoms with Crippen LogP contribution < -0.4 is 10.6 Å². The van der Waals surface area contributed by atoms with Crippen LogP contribution in [0.4, 0.5) is 5.69 Å². The van der Waals surface area contributed by atoms with Gasteiger partial charge in [-0.15, -0.1) is 24.8 Å². The van der Waals surface area contributed by atoms with E-state index in [4.69, 9.17) is 16.6 Å². The molecule has 168 valence electrons. The van der Waals surface area contributed by atoms with E-state index in [1.54, 1.807) is 6.07 Å². The fourth-order valence-corrected chi connectivity index (χ4v) is 3.64. The quantitative estimate of drug-likeness (QED) is 0.347. The number of carbonyl (C=O) groups excluding carboxylic acids is 1. The third-order valence-electron chi connectivity index (χ3n) is 5.04. The minimum atomic E-state index is -0.0505. The molecule has 2 N–H and O–H groups in total. The number of hydrogen-bond donors (Lipinski definition) is 2. The van der Waals surface area contributed by atoms with E-state index in [0.717, 1.165) is 48.1 Å². The highest BCUT2D eigenvalue weighted by atomic mass is 35.5. The standard InChI is InChI=1S/C24H28ClN3O.2ClH/c1-3-26-15-7-10-19-11-12-20-22(27-19)14-13-21(25)24(20)28-23(29)16-17(2)18-8-5-4-6-9-18;;/h4-6,8-9,11-14,17,26H,3,7,10,15-16H2,1-2H3,(H,28,29);2*1H/t17-;;/m1../s1. The van der Waals surface area contributed by atoms with Gasteiger partial charge in [0.2, 0.25) is 5.91 Å². The van der Waals surface area contributed by atoms with Gasteiger partial charge in [0.1, 0.15) is 0 Å². The van der Waals surface area contributed by atoms with E-state index in [9.17, 15) is 4.79 Å². The lowest BCUT2D eigenvalue weighted by atomic mass is 9.97. The second-order valence-corrected chi connectivity index (χ2v) is 7.72. The molecular weight excluding hydrogens is 453 g/mol. The third kappa shape index (κ3) is 7.65. The van der Waals surface area contributed by atoms with Crippen molar-refractivity contribution < 1.29 is 4.79 Å². The fourth-order valence-electron chi connectivity index (χ4n) is 3.43. The summed E-state index contributed by atoms with van der Waals surface area (Å²) in [5.41, 5.74) is 3.69. The molecule has 1 heterocycles. The lowest BCUT2D eigenvalue weighted by Gasteiger charge is -2.14. The van der Waals surface area contributed by atoms with Crippen LogP contribution >= 0.6 is 36.4 Å². The van der Waals surface area contributed by atoms with E-state index in [1.165, 1.54) is 0 Å². The van der Waals surface area contributed by atoms with E-state index >= 15 is 0 Å². The maximum atomic E-state index is 12.7. The topological polar surface area (TPSA) is 54.0 Å². The molecule has 1 aromatic heterocycles. The molecule has 4 nitrogen and oxygen atoms in total. The Morgan fingerprint density at radius 3 is 2.52 bits per heavy atom. The molecule has 0 aliphatic carbocycles. The largest absolute Gasteiger partial charge is 0.324 e. The Balaban J connectivity index is 0.00000240. The Kier molecular flexibility index (Phi) is 11.9. The van der Waals surface area contributed by atoms with E-state index in [2.05, 4.69) is 24.5 Å². The monoisotopic (exact) mass is 481 g/mol. The molecule has 0 radical (unpaired) electrons. The average Bonchev–Trinajstić information content (AvgIpc) is 2.74. The fraction of sp³-hybridized carbons (Fsp3) is 0.333. The lowest BCUT2D eigenvalue weighted by molar-refractivity contribution is -0.116. The van der Waals surface area contributed by atoms with Gasteiger partial charge in [0, 0.05) is 17.5 Å². The van der Waals surface area contributed by atoms with Crippen LogP contribution in [-0.4, -0.2) is 24.0 Å². The van der Waals surface area contributed by atoms with Gasteiger partial charge in [-0.25, -0.2) is 0 Å². The van der Waals surface area contributed by atoms with Crippen LogP contribution in [0, 0.1) is 0 Å². The normalized spacial score (nSPS) is 11.3. The number of pyridine rings is 1. The molecule has 0 fully saturated rings. The van der Waals surface area contributed by atoms with Crippen molar-refractivity contribution in [2.24, 2.45) is 0 Å². The van der Waals surface area contributed by atoms with Crippen molar-refractivity contribution in [1.29, 1.82) is 0 Å². The summed E-state index contributed by atoms with van der Waals surface area (Å²) in [5.74, 6) is 0.0804. The van der Waals surface area contributed by atoms with Crippen molar-refractivity contribution in [2.45, 2.75) is 39.0 Å². The van der Waals surface area contributed by atoms with Crippen LogP contribution in [0.2, 0.25) is 5.02 Å². The maximum Gasteiger partial charge on any atom is 0.225 e. The molecule has 0 unspecified atom stereocenters. The average molecular weight is 483 g/mol. The third-order valence-corrected chi connectivity index (χ3v) is 5.35. The Labute approximate surface area is 202 Å². The number of nitrogens with zero attached hydrogens (tertiary/aromatic N) is 1. The first kappa shape index (κ1) is 27.2. The van der Waals surface area contributed by atoms with Crippen LogP contribution in [0.1, 0.15) is 43.9 Å². The number of amides is 1. The van der Waals surface area contributed by atoms with Gasteiger partial charge in [0.15, 0.2) is 0 Å². The molecule has 1 atom stereocenters. The minimum Gasteiger partial charge on any atom is -0.324 e. The molecule has 2 aromatic carbocycles. The molecule has 0 spiro atoms. The smallest absolute Gasteiger partial charge is 0.225 e. The summed E-state index contributed by atoms with van der Waals surface area (Å²) >= 11 is 6.41. The number of benzene rings is 2. The van der Waals surface area contributed by atoms with Crippen LogP contribution in [-0.2, 0) is 11.2 Å². The summed E-state index contributed by atoms with van der Waals surface area (Å²) in [6.45, 7) is 6.13. The first-order valence-electron chi connectivity index (χ1n) is 10.2. The Morgan fingerprint density at radius 2 is 1.81 bits per heavy atom. The van der Waals surface area contributed by atoms with Crippen LogP contribution in [0.5, 0.6) is 0 Å². The zero-order chi connectivity index (χ0) is 20.6. The summed E-state index contributed by atoms with van der Waals surface area (Å²) in [6, 6.07) is 17.8. The van der Waals surface area contributed by atoms with Crippen LogP contribution in [0.25, 0.3) is 10.9 Å². The second kappa shape index (κ2) is 13.5. The number of aromatic nitrogens is 1. The van der Waals surface area contributed by atoms with E-state index in [-0.39, 0.29) is 36.6 Å². The van der Waals surface area contributed by atoms with Crippen molar-refractivity contribution in [2.75, 3.05) is 18.4 Å². The molecule has 3 aromatic rings. The van der Waals surface area contributed by atoms with E-state index in [1.807, 2.05) is 48.5 Å². The second-order valence-electron chi connectivity index (χ2n) is 7.31. The summed E-state index contributed by atoms with van der Waals surface area (Å²) < 4.78 is 0. The molecule has 0 saturated heterocycles. The molecule has 3 rings (SSSR count). The van der Waals surface area contributed by atoms with Gasteiger partial charge >= 0.3 is 0 Å². The maximum absolute atomic E-state index is 12.7. The van der Waals surface area contributed by atoms with Gasteiger partial charge in [0.25, 0.3) is 0 Å². The highest BCUT2D eigenvalue weighted by molar-refractivity contribution is 6.35. The number of nitrogens with one attached hydrogen (secondary N) is 2. The van der Waals surface area contributed by atoms with Crippen molar-refractivity contribution in [1.82, 2.24) is 10.3 Å². The highest BCUT2D eigenvalue weighted by Crippen LogP contribution is 2.31. The number of fused-ring (bicyclic) bond motifs is 1. The number of rotatable bonds is 9. The Bertz CT molecular complexity index is 967. The van der Waals surface area contributed by atoms with Crippen LogP contribution in [0.3, 0.4) is 0 Å². The van der Waals surface area contributed by atoms with Gasteiger partial charge in [-0.2, -0.15) is 0 Å². The molecular formula is C24H30Cl3N3O. The Hall–Kier alpha value is -1.85. The Morgan fingerprint density at radius 1 is 1.06 bits per heavy atom. The minimum absolute atomic E-state index is 0. The first-order valence-corrected chi connectivity index (χ1v) is 10.6. The zero-order valence-corrected chi connectivity index (χ0v) is 20.2. The van der Waals surface area contributed by atoms with Gasteiger partial charge in [-0.3, -0.25) is 9.78 Å². The summed E-state index contributed by atoms with van der Waals surface area (Å²) in [4.78, 5) is 17.4. The SMILES string of the molecule is CCNCCCc1ccc2c(NC(=O)C[C@@H](C)c3ccccc3)c(Cl)ccc2n1.Cl.Cl. The molecule has 31 heavy (non-hydrogen) atoms. The number of anilines is 1. The number of carbonyl (C=O) groups is 1. The van der Waals surface area contributed by atoms with E-state index < -0.39 is 0 Å². The van der Waals surface area contributed by atoms with Crippen molar-refractivity contribution in [3.8, 4) is 0 Å². The number of hydrogen-bond acceptors (Lipinski definition) is 3. The van der Waals surface area contributed by atoms with Gasteiger partial charge in [-0.1, -0.05) is 55.8 Å². The van der Waals surface area contributed by atoms with Gasteiger partial charge in [0.05, 0.1) is 16.2 Å².